The highest BCUT2D eigenvalue weighted by atomic mass is 16.8. The van der Waals surface area contributed by atoms with E-state index in [1.165, 1.54) is 12.7 Å². The van der Waals surface area contributed by atoms with E-state index in [9.17, 15) is 9.90 Å². The number of rotatable bonds is 3. The van der Waals surface area contributed by atoms with Crippen LogP contribution in [0.3, 0.4) is 0 Å². The fourth-order valence-electron chi connectivity index (χ4n) is 2.79. The molecule has 28 heavy (non-hydrogen) atoms. The van der Waals surface area contributed by atoms with Gasteiger partial charge in [0.25, 0.3) is 0 Å². The normalized spacial score (nSPS) is 25.5. The summed E-state index contributed by atoms with van der Waals surface area (Å²) in [6.45, 7) is 10.5. The fourth-order valence-corrected chi connectivity index (χ4v) is 2.79. The van der Waals surface area contributed by atoms with Crippen LogP contribution in [0, 0.1) is 5.41 Å². The van der Waals surface area contributed by atoms with E-state index in [2.05, 4.69) is 20.3 Å². The first-order chi connectivity index (χ1) is 13.0. The maximum absolute atomic E-state index is 12.3. The molecule has 0 radical (unpaired) electrons. The molecule has 0 aliphatic carbocycles. The quantitative estimate of drug-likeness (QED) is 0.810. The minimum Gasteiger partial charge on any atom is -0.394 e. The molecule has 0 aromatic carbocycles. The molecule has 1 aliphatic rings. The van der Waals surface area contributed by atoms with Gasteiger partial charge in [-0.1, -0.05) is 20.8 Å². The molecule has 154 valence electrons. The molecule has 2 aromatic rings. The van der Waals surface area contributed by atoms with Crippen molar-refractivity contribution in [3.63, 3.8) is 0 Å². The Hall–Kier alpha value is -2.14. The number of nitrogens with one attached hydrogen (secondary N) is 1. The maximum Gasteiger partial charge on any atom is 0.249 e. The zero-order valence-electron chi connectivity index (χ0n) is 17.0. The number of nitrogens with zero attached hydrogens (tertiary/aromatic N) is 4. The van der Waals surface area contributed by atoms with Crippen molar-refractivity contribution in [2.24, 2.45) is 5.41 Å². The fraction of sp³-hybridized carbons (Fsp3) is 0.667. The van der Waals surface area contributed by atoms with Gasteiger partial charge in [0.05, 0.1) is 12.7 Å². The molecule has 10 nitrogen and oxygen atoms in total. The zero-order valence-corrected chi connectivity index (χ0v) is 17.0. The molecule has 3 atom stereocenters. The summed E-state index contributed by atoms with van der Waals surface area (Å²) in [5.41, 5.74) is 0.245. The Labute approximate surface area is 163 Å². The lowest BCUT2D eigenvalue weighted by Crippen LogP contribution is -2.35. The second-order valence-electron chi connectivity index (χ2n) is 8.26. The van der Waals surface area contributed by atoms with Gasteiger partial charge in [0.15, 0.2) is 22.8 Å². The lowest BCUT2D eigenvalue weighted by atomic mass is 9.96. The summed E-state index contributed by atoms with van der Waals surface area (Å²) in [6, 6.07) is 0. The average molecular weight is 393 g/mol. The third kappa shape index (κ3) is 4.14. The highest BCUT2D eigenvalue weighted by molar-refractivity contribution is 5.99. The van der Waals surface area contributed by atoms with Gasteiger partial charge in [0, 0.05) is 5.41 Å². The van der Waals surface area contributed by atoms with Gasteiger partial charge in [-0.05, 0) is 20.8 Å². The molecule has 1 amide bonds. The Balaban J connectivity index is 1.97. The molecule has 0 saturated carbocycles. The van der Waals surface area contributed by atoms with Gasteiger partial charge in [0.2, 0.25) is 12.3 Å². The van der Waals surface area contributed by atoms with E-state index in [0.29, 0.717) is 17.0 Å². The number of aliphatic hydroxyl groups is 1. The molecule has 10 heteroatoms. The smallest absolute Gasteiger partial charge is 0.249 e. The van der Waals surface area contributed by atoms with E-state index in [4.69, 9.17) is 14.2 Å². The van der Waals surface area contributed by atoms with E-state index in [-0.39, 0.29) is 18.6 Å². The molecule has 0 spiro atoms. The van der Waals surface area contributed by atoms with Crippen molar-refractivity contribution < 1.29 is 24.1 Å². The highest BCUT2D eigenvalue weighted by Gasteiger charge is 2.38. The van der Waals surface area contributed by atoms with Crippen molar-refractivity contribution in [2.45, 2.75) is 66.0 Å². The summed E-state index contributed by atoms with van der Waals surface area (Å²) >= 11 is 0. The topological polar surface area (TPSA) is 121 Å². The SMILES string of the molecule is CC1OC(C)(C)OC(n2cnc3c(NC(=O)C(C)(C)C)ncnc32)O[C@@H]1CO. The van der Waals surface area contributed by atoms with E-state index in [0.717, 1.165) is 0 Å². The molecule has 1 fully saturated rings. The third-order valence-electron chi connectivity index (χ3n) is 4.35. The number of imidazole rings is 1. The molecule has 0 bridgehead atoms. The summed E-state index contributed by atoms with van der Waals surface area (Å²) < 4.78 is 19.3. The predicted molar refractivity (Wildman–Crippen MR) is 100 cm³/mol. The lowest BCUT2D eigenvalue weighted by molar-refractivity contribution is -0.292. The van der Waals surface area contributed by atoms with Crippen molar-refractivity contribution in [2.75, 3.05) is 11.9 Å². The van der Waals surface area contributed by atoms with Crippen LogP contribution >= 0.6 is 0 Å². The Morgan fingerprint density at radius 3 is 2.64 bits per heavy atom. The number of ether oxygens (including phenoxy) is 3. The lowest BCUT2D eigenvalue weighted by Gasteiger charge is -2.27. The van der Waals surface area contributed by atoms with Crippen molar-refractivity contribution in [1.82, 2.24) is 19.5 Å². The van der Waals surface area contributed by atoms with Crippen molar-refractivity contribution in [3.8, 4) is 0 Å². The summed E-state index contributed by atoms with van der Waals surface area (Å²) in [5, 5.41) is 12.4. The minimum absolute atomic E-state index is 0.187. The maximum atomic E-state index is 12.3. The molecule has 2 N–H and O–H groups in total. The molecule has 3 heterocycles. The van der Waals surface area contributed by atoms with E-state index in [1.54, 1.807) is 18.4 Å². The van der Waals surface area contributed by atoms with Crippen LogP contribution < -0.4 is 5.32 Å². The molecular weight excluding hydrogens is 366 g/mol. The molecule has 3 rings (SSSR count). The standard InChI is InChI=1S/C18H27N5O5/c1-10-11(7-24)26-16(28-18(5,6)27-10)23-9-21-12-13(19-8-20-14(12)23)22-15(25)17(2,3)4/h8-11,16,24H,7H2,1-6H3,(H,19,20,22,25)/t10?,11-,16?/m1/s1. The van der Waals surface area contributed by atoms with Crippen LogP contribution in [0.25, 0.3) is 11.2 Å². The Morgan fingerprint density at radius 1 is 1.29 bits per heavy atom. The van der Waals surface area contributed by atoms with Gasteiger partial charge < -0.3 is 24.6 Å². The second kappa shape index (κ2) is 7.36. The van der Waals surface area contributed by atoms with Crippen LogP contribution in [-0.2, 0) is 19.0 Å². The Bertz CT molecular complexity index is 860. The van der Waals surface area contributed by atoms with Gasteiger partial charge in [-0.3, -0.25) is 9.36 Å². The summed E-state index contributed by atoms with van der Waals surface area (Å²) in [6.07, 6.45) is 0.936. The monoisotopic (exact) mass is 393 g/mol. The summed E-state index contributed by atoms with van der Waals surface area (Å²) in [4.78, 5) is 25.1. The zero-order chi connectivity index (χ0) is 20.7. The van der Waals surface area contributed by atoms with Crippen LogP contribution in [0.5, 0.6) is 0 Å². The van der Waals surface area contributed by atoms with E-state index >= 15 is 0 Å². The average Bonchev–Trinajstić information content (AvgIpc) is 2.97. The van der Waals surface area contributed by atoms with E-state index in [1.807, 2.05) is 27.7 Å². The van der Waals surface area contributed by atoms with Gasteiger partial charge in [-0.25, -0.2) is 15.0 Å². The van der Waals surface area contributed by atoms with Crippen LogP contribution in [0.4, 0.5) is 5.82 Å². The number of anilines is 1. The number of carbonyl (C=O) groups is 1. The Kier molecular flexibility index (Phi) is 5.41. The number of fused-ring (bicyclic) bond motifs is 1. The molecule has 2 unspecified atom stereocenters. The predicted octanol–water partition coefficient (Wildman–Crippen LogP) is 1.82. The first kappa shape index (κ1) is 20.6. The molecular formula is C18H27N5O5. The molecule has 2 aromatic heterocycles. The number of hydrogen-bond donors (Lipinski definition) is 2. The number of aromatic nitrogens is 4. The Morgan fingerprint density at radius 2 is 2.00 bits per heavy atom. The van der Waals surface area contributed by atoms with Crippen molar-refractivity contribution >= 4 is 22.9 Å². The van der Waals surface area contributed by atoms with Crippen molar-refractivity contribution in [1.29, 1.82) is 0 Å². The van der Waals surface area contributed by atoms with Crippen LogP contribution in [-0.4, -0.2) is 55.1 Å². The van der Waals surface area contributed by atoms with E-state index < -0.39 is 23.7 Å². The van der Waals surface area contributed by atoms with Crippen LogP contribution in [0.1, 0.15) is 48.0 Å². The first-order valence-corrected chi connectivity index (χ1v) is 9.13. The number of aliphatic hydroxyl groups excluding tert-OH is 1. The number of amides is 1. The van der Waals surface area contributed by atoms with Gasteiger partial charge in [-0.2, -0.15) is 0 Å². The van der Waals surface area contributed by atoms with Gasteiger partial charge in [-0.15, -0.1) is 0 Å². The van der Waals surface area contributed by atoms with Crippen LogP contribution in [0.15, 0.2) is 12.7 Å². The number of hydrogen-bond acceptors (Lipinski definition) is 8. The molecule has 1 saturated heterocycles. The van der Waals surface area contributed by atoms with Gasteiger partial charge >= 0.3 is 0 Å². The first-order valence-electron chi connectivity index (χ1n) is 9.13. The summed E-state index contributed by atoms with van der Waals surface area (Å²) in [5.74, 6) is -0.839. The summed E-state index contributed by atoms with van der Waals surface area (Å²) in [7, 11) is 0. The van der Waals surface area contributed by atoms with Crippen LogP contribution in [0.2, 0.25) is 0 Å². The minimum atomic E-state index is -0.957. The third-order valence-corrected chi connectivity index (χ3v) is 4.35. The molecule has 1 aliphatic heterocycles. The van der Waals surface area contributed by atoms with Gasteiger partial charge in [0.1, 0.15) is 18.8 Å². The highest BCUT2D eigenvalue weighted by Crippen LogP contribution is 2.32. The number of carbonyl (C=O) groups excluding carboxylic acids is 1. The second-order valence-corrected chi connectivity index (χ2v) is 8.26. The van der Waals surface area contributed by atoms with Crippen molar-refractivity contribution in [3.05, 3.63) is 12.7 Å². The largest absolute Gasteiger partial charge is 0.394 e.